The molecule has 0 spiro atoms. The maximum Gasteiger partial charge on any atom is 0.254 e. The highest BCUT2D eigenvalue weighted by molar-refractivity contribution is 7.99. The van der Waals surface area contributed by atoms with Gasteiger partial charge in [-0.2, -0.15) is 0 Å². The molecule has 1 fully saturated rings. The molecule has 1 amide bonds. The molecule has 0 bridgehead atoms. The number of nitrogens with one attached hydrogen (secondary N) is 1. The highest BCUT2D eigenvalue weighted by Gasteiger charge is 2.30. The van der Waals surface area contributed by atoms with Crippen molar-refractivity contribution in [2.75, 3.05) is 5.75 Å². The van der Waals surface area contributed by atoms with Gasteiger partial charge in [-0.25, -0.2) is 4.98 Å². The smallest absolute Gasteiger partial charge is 0.254 e. The first-order valence-corrected chi connectivity index (χ1v) is 9.79. The number of carbonyl (C=O) groups excluding carboxylic acids is 1. The third kappa shape index (κ3) is 5.23. The highest BCUT2D eigenvalue weighted by Crippen LogP contribution is 2.37. The van der Waals surface area contributed by atoms with E-state index in [2.05, 4.69) is 38.0 Å². The van der Waals surface area contributed by atoms with E-state index in [1.165, 1.54) is 12.8 Å². The highest BCUT2D eigenvalue weighted by atomic mass is 32.2. The number of pyridine rings is 1. The first-order chi connectivity index (χ1) is 10.9. The van der Waals surface area contributed by atoms with E-state index in [-0.39, 0.29) is 5.91 Å². The Morgan fingerprint density at radius 1 is 1.30 bits per heavy atom. The van der Waals surface area contributed by atoms with Gasteiger partial charge in [-0.3, -0.25) is 4.79 Å². The Balaban J connectivity index is 1.93. The summed E-state index contributed by atoms with van der Waals surface area (Å²) in [6, 6.07) is 4.05. The van der Waals surface area contributed by atoms with Crippen molar-refractivity contribution in [2.45, 2.75) is 70.9 Å². The van der Waals surface area contributed by atoms with E-state index in [1.54, 1.807) is 18.0 Å². The van der Waals surface area contributed by atoms with Crippen molar-refractivity contribution in [3.63, 3.8) is 0 Å². The quantitative estimate of drug-likeness (QED) is 0.777. The monoisotopic (exact) mass is 334 g/mol. The molecule has 4 heteroatoms. The summed E-state index contributed by atoms with van der Waals surface area (Å²) in [6.45, 7) is 9.11. The molecule has 1 aliphatic carbocycles. The summed E-state index contributed by atoms with van der Waals surface area (Å²) in [5.41, 5.74) is 1.10. The van der Waals surface area contributed by atoms with Crippen LogP contribution in [0.2, 0.25) is 0 Å². The Hall–Kier alpha value is -1.03. The predicted molar refractivity (Wildman–Crippen MR) is 97.9 cm³/mol. The van der Waals surface area contributed by atoms with Gasteiger partial charge in [0.1, 0.15) is 5.03 Å². The van der Waals surface area contributed by atoms with Gasteiger partial charge in [0.15, 0.2) is 0 Å². The molecular weight excluding hydrogens is 304 g/mol. The Kier molecular flexibility index (Phi) is 6.51. The lowest BCUT2D eigenvalue weighted by atomic mass is 9.71. The second-order valence-electron chi connectivity index (χ2n) is 7.59. The lowest BCUT2D eigenvalue weighted by Crippen LogP contribution is -2.39. The first-order valence-electron chi connectivity index (χ1n) is 8.80. The molecule has 1 aliphatic rings. The number of carbonyl (C=O) groups is 1. The topological polar surface area (TPSA) is 42.0 Å². The van der Waals surface area contributed by atoms with Crippen LogP contribution in [0.1, 0.15) is 70.2 Å². The number of thioether (sulfide) groups is 1. The molecule has 0 saturated heterocycles. The van der Waals surface area contributed by atoms with E-state index in [0.29, 0.717) is 11.5 Å². The van der Waals surface area contributed by atoms with E-state index < -0.39 is 0 Å². The maximum atomic E-state index is 12.6. The van der Waals surface area contributed by atoms with Crippen molar-refractivity contribution in [1.29, 1.82) is 0 Å². The average Bonchev–Trinajstić information content (AvgIpc) is 2.53. The van der Waals surface area contributed by atoms with Crippen LogP contribution < -0.4 is 5.32 Å². The largest absolute Gasteiger partial charge is 0.349 e. The van der Waals surface area contributed by atoms with Gasteiger partial charge in [0.05, 0.1) is 5.56 Å². The molecule has 23 heavy (non-hydrogen) atoms. The van der Waals surface area contributed by atoms with Crippen molar-refractivity contribution in [1.82, 2.24) is 10.3 Å². The van der Waals surface area contributed by atoms with Gasteiger partial charge in [0, 0.05) is 12.2 Å². The van der Waals surface area contributed by atoms with Crippen molar-refractivity contribution < 1.29 is 4.79 Å². The molecule has 1 N–H and O–H groups in total. The second-order valence-corrected chi connectivity index (χ2v) is 8.68. The molecule has 0 aromatic carbocycles. The minimum absolute atomic E-state index is 0.0379. The molecule has 1 saturated carbocycles. The van der Waals surface area contributed by atoms with Crippen molar-refractivity contribution in [2.24, 2.45) is 11.3 Å². The molecule has 0 radical (unpaired) electrons. The average molecular weight is 335 g/mol. The number of amides is 1. The van der Waals surface area contributed by atoms with Gasteiger partial charge < -0.3 is 5.32 Å². The molecule has 1 aromatic rings. The minimum atomic E-state index is 0.0379. The third-order valence-electron chi connectivity index (χ3n) is 4.75. The van der Waals surface area contributed by atoms with Crippen LogP contribution in [0, 0.1) is 11.3 Å². The Morgan fingerprint density at radius 3 is 2.61 bits per heavy atom. The summed E-state index contributed by atoms with van der Waals surface area (Å²) in [5.74, 6) is 1.80. The van der Waals surface area contributed by atoms with Gasteiger partial charge in [-0.1, -0.05) is 27.7 Å². The fourth-order valence-corrected chi connectivity index (χ4v) is 4.09. The van der Waals surface area contributed by atoms with Crippen LogP contribution in [-0.4, -0.2) is 22.7 Å². The van der Waals surface area contributed by atoms with Crippen molar-refractivity contribution in [3.8, 4) is 0 Å². The zero-order valence-electron chi connectivity index (χ0n) is 14.9. The van der Waals surface area contributed by atoms with Crippen LogP contribution in [0.4, 0.5) is 0 Å². The number of hydrogen-bond donors (Lipinski definition) is 1. The molecule has 2 rings (SSSR count). The molecule has 1 aromatic heterocycles. The van der Waals surface area contributed by atoms with Crippen molar-refractivity contribution >= 4 is 17.7 Å². The summed E-state index contributed by atoms with van der Waals surface area (Å²) < 4.78 is 0. The summed E-state index contributed by atoms with van der Waals surface area (Å²) in [4.78, 5) is 17.0. The molecule has 3 nitrogen and oxygen atoms in total. The van der Waals surface area contributed by atoms with E-state index in [0.717, 1.165) is 41.5 Å². The van der Waals surface area contributed by atoms with Crippen LogP contribution in [0.25, 0.3) is 0 Å². The van der Waals surface area contributed by atoms with Gasteiger partial charge in [0.2, 0.25) is 0 Å². The number of nitrogens with zero attached hydrogens (tertiary/aromatic N) is 1. The SMILES string of the molecule is CCCSc1ncccc1C(=O)NC1CCC(C(C)(C)C)CC1. The number of hydrogen-bond acceptors (Lipinski definition) is 3. The summed E-state index contributed by atoms with van der Waals surface area (Å²) in [5, 5.41) is 4.09. The van der Waals surface area contributed by atoms with E-state index in [9.17, 15) is 4.79 Å². The van der Waals surface area contributed by atoms with E-state index in [1.807, 2.05) is 12.1 Å². The minimum Gasteiger partial charge on any atom is -0.349 e. The standard InChI is InChI=1S/C19H30N2OS/c1-5-13-23-18-16(7-6-12-20-18)17(22)21-15-10-8-14(9-11-15)19(2,3)4/h6-7,12,14-15H,5,8-11,13H2,1-4H3,(H,21,22). The van der Waals surface area contributed by atoms with Crippen LogP contribution in [-0.2, 0) is 0 Å². The van der Waals surface area contributed by atoms with Gasteiger partial charge in [-0.15, -0.1) is 11.8 Å². The van der Waals surface area contributed by atoms with E-state index >= 15 is 0 Å². The molecule has 128 valence electrons. The van der Waals surface area contributed by atoms with Gasteiger partial charge in [-0.05, 0) is 61.3 Å². The van der Waals surface area contributed by atoms with Crippen LogP contribution in [0.5, 0.6) is 0 Å². The van der Waals surface area contributed by atoms with Gasteiger partial charge >= 0.3 is 0 Å². The molecule has 0 aliphatic heterocycles. The Bertz CT molecular complexity index is 516. The molecule has 0 atom stereocenters. The van der Waals surface area contributed by atoms with Crippen LogP contribution in [0.15, 0.2) is 23.4 Å². The predicted octanol–water partition coefficient (Wildman–Crippen LogP) is 4.92. The zero-order valence-corrected chi connectivity index (χ0v) is 15.7. The second kappa shape index (κ2) is 8.18. The van der Waals surface area contributed by atoms with Gasteiger partial charge in [0.25, 0.3) is 5.91 Å². The Labute approximate surface area is 145 Å². The number of aromatic nitrogens is 1. The lowest BCUT2D eigenvalue weighted by molar-refractivity contribution is 0.0900. The zero-order chi connectivity index (χ0) is 16.9. The summed E-state index contributed by atoms with van der Waals surface area (Å²) >= 11 is 1.67. The fourth-order valence-electron chi connectivity index (χ4n) is 3.24. The van der Waals surface area contributed by atoms with Crippen LogP contribution in [0.3, 0.4) is 0 Å². The van der Waals surface area contributed by atoms with Crippen molar-refractivity contribution in [3.05, 3.63) is 23.9 Å². The fraction of sp³-hybridized carbons (Fsp3) is 0.684. The normalized spacial score (nSPS) is 21.9. The summed E-state index contributed by atoms with van der Waals surface area (Å²) in [6.07, 6.45) is 7.44. The lowest BCUT2D eigenvalue weighted by Gasteiger charge is -2.37. The molecule has 0 unspecified atom stereocenters. The third-order valence-corrected chi connectivity index (χ3v) is 5.96. The summed E-state index contributed by atoms with van der Waals surface area (Å²) in [7, 11) is 0. The number of rotatable bonds is 5. The first kappa shape index (κ1) is 18.3. The maximum absolute atomic E-state index is 12.6. The molecule has 1 heterocycles. The van der Waals surface area contributed by atoms with E-state index in [4.69, 9.17) is 0 Å². The Morgan fingerprint density at radius 2 is 2.00 bits per heavy atom. The molecular formula is C19H30N2OS. The van der Waals surface area contributed by atoms with Crippen LogP contribution >= 0.6 is 11.8 Å².